The van der Waals surface area contributed by atoms with E-state index in [2.05, 4.69) is 21.4 Å². The molecule has 2 unspecified atom stereocenters. The summed E-state index contributed by atoms with van der Waals surface area (Å²) in [4.78, 5) is 18.2. The Morgan fingerprint density at radius 1 is 1.39 bits per heavy atom. The number of hydrogen-bond acceptors (Lipinski definition) is 3. The van der Waals surface area contributed by atoms with E-state index in [9.17, 15) is 4.79 Å². The van der Waals surface area contributed by atoms with E-state index in [1.54, 1.807) is 6.20 Å². The van der Waals surface area contributed by atoms with Crippen LogP contribution in [-0.4, -0.2) is 15.3 Å². The van der Waals surface area contributed by atoms with Crippen LogP contribution in [-0.2, 0) is 6.42 Å². The van der Waals surface area contributed by atoms with Gasteiger partial charge < -0.3 is 10.3 Å². The average Bonchev–Trinajstić information content (AvgIpc) is 2.69. The molecule has 0 saturated carbocycles. The maximum atomic E-state index is 11.6. The van der Waals surface area contributed by atoms with Gasteiger partial charge >= 0.3 is 0 Å². The molecular weight excluding hydrogens is 250 g/mol. The molecule has 4 nitrogen and oxygen atoms in total. The number of hydrogen-bond donors (Lipinski definition) is 2. The molecule has 2 atom stereocenters. The van der Waals surface area contributed by atoms with E-state index in [1.807, 2.05) is 18.2 Å². The SMILES string of the molecule is O=c1[nH]ccnc1NC1c2ccccc2CC1Cl. The van der Waals surface area contributed by atoms with Crippen molar-refractivity contribution in [3.63, 3.8) is 0 Å². The molecule has 0 spiro atoms. The summed E-state index contributed by atoms with van der Waals surface area (Å²) >= 11 is 6.34. The Labute approximate surface area is 109 Å². The molecule has 0 bridgehead atoms. The summed E-state index contributed by atoms with van der Waals surface area (Å²) in [7, 11) is 0. The first-order valence-electron chi connectivity index (χ1n) is 5.78. The Hall–Kier alpha value is -1.81. The molecule has 1 aliphatic rings. The molecule has 3 rings (SSSR count). The van der Waals surface area contributed by atoms with Crippen molar-refractivity contribution in [3.8, 4) is 0 Å². The van der Waals surface area contributed by atoms with Crippen molar-refractivity contribution in [1.82, 2.24) is 9.97 Å². The number of aromatic nitrogens is 2. The predicted molar refractivity (Wildman–Crippen MR) is 71.0 cm³/mol. The maximum Gasteiger partial charge on any atom is 0.290 e. The zero-order chi connectivity index (χ0) is 12.5. The lowest BCUT2D eigenvalue weighted by atomic mass is 10.1. The summed E-state index contributed by atoms with van der Waals surface area (Å²) in [5.41, 5.74) is 2.13. The fourth-order valence-electron chi connectivity index (χ4n) is 2.32. The number of benzene rings is 1. The highest BCUT2D eigenvalue weighted by atomic mass is 35.5. The van der Waals surface area contributed by atoms with Crippen LogP contribution in [0.25, 0.3) is 0 Å². The number of halogens is 1. The fourth-order valence-corrected chi connectivity index (χ4v) is 2.68. The highest BCUT2D eigenvalue weighted by Crippen LogP contribution is 2.36. The number of rotatable bonds is 2. The van der Waals surface area contributed by atoms with Crippen molar-refractivity contribution in [2.75, 3.05) is 5.32 Å². The Morgan fingerprint density at radius 2 is 2.22 bits per heavy atom. The topological polar surface area (TPSA) is 57.8 Å². The number of alkyl halides is 1. The second-order valence-corrected chi connectivity index (χ2v) is 4.87. The molecule has 1 heterocycles. The molecule has 2 N–H and O–H groups in total. The number of aromatic amines is 1. The molecule has 0 amide bonds. The van der Waals surface area contributed by atoms with Crippen molar-refractivity contribution in [1.29, 1.82) is 0 Å². The molecule has 92 valence electrons. The number of fused-ring (bicyclic) bond motifs is 1. The van der Waals surface area contributed by atoms with Gasteiger partial charge in [0.2, 0.25) is 0 Å². The molecule has 1 aliphatic carbocycles. The number of nitrogens with zero attached hydrogens (tertiary/aromatic N) is 1. The number of nitrogens with one attached hydrogen (secondary N) is 2. The van der Waals surface area contributed by atoms with Gasteiger partial charge in [0.05, 0.1) is 11.4 Å². The Balaban J connectivity index is 1.94. The van der Waals surface area contributed by atoms with Gasteiger partial charge in [-0.2, -0.15) is 0 Å². The molecule has 0 radical (unpaired) electrons. The minimum absolute atomic E-state index is 0.0659. The normalized spacial score (nSPS) is 21.6. The molecule has 0 aliphatic heterocycles. The van der Waals surface area contributed by atoms with Crippen LogP contribution < -0.4 is 10.9 Å². The van der Waals surface area contributed by atoms with Crippen LogP contribution in [0.3, 0.4) is 0 Å². The summed E-state index contributed by atoms with van der Waals surface area (Å²) < 4.78 is 0. The fraction of sp³-hybridized carbons (Fsp3) is 0.231. The minimum Gasteiger partial charge on any atom is -0.357 e. The first-order valence-corrected chi connectivity index (χ1v) is 6.21. The van der Waals surface area contributed by atoms with Gasteiger partial charge in [-0.25, -0.2) is 4.98 Å². The van der Waals surface area contributed by atoms with E-state index >= 15 is 0 Å². The van der Waals surface area contributed by atoms with Crippen molar-refractivity contribution >= 4 is 17.4 Å². The smallest absolute Gasteiger partial charge is 0.290 e. The predicted octanol–water partition coefficient (Wildman–Crippen LogP) is 2.09. The van der Waals surface area contributed by atoms with Gasteiger partial charge in [-0.3, -0.25) is 4.79 Å². The second-order valence-electron chi connectivity index (χ2n) is 4.31. The average molecular weight is 262 g/mol. The quantitative estimate of drug-likeness (QED) is 0.814. The van der Waals surface area contributed by atoms with Gasteiger partial charge in [-0.1, -0.05) is 24.3 Å². The molecule has 0 fully saturated rings. The van der Waals surface area contributed by atoms with Crippen molar-refractivity contribution < 1.29 is 0 Å². The van der Waals surface area contributed by atoms with Gasteiger partial charge in [0.15, 0.2) is 5.82 Å². The molecular formula is C13H12ClN3O. The van der Waals surface area contributed by atoms with Crippen LogP contribution in [0.15, 0.2) is 41.5 Å². The summed E-state index contributed by atoms with van der Waals surface area (Å²) in [5.74, 6) is 0.310. The van der Waals surface area contributed by atoms with E-state index in [0.29, 0.717) is 5.82 Å². The monoisotopic (exact) mass is 261 g/mol. The molecule has 1 aromatic carbocycles. The Kier molecular flexibility index (Phi) is 2.80. The first-order chi connectivity index (χ1) is 8.75. The highest BCUT2D eigenvalue weighted by Gasteiger charge is 2.31. The third-order valence-electron chi connectivity index (χ3n) is 3.17. The molecule has 5 heteroatoms. The number of H-pyrrole nitrogens is 1. The Bertz CT molecular complexity index is 625. The number of anilines is 1. The van der Waals surface area contributed by atoms with Crippen molar-refractivity contribution in [2.24, 2.45) is 0 Å². The van der Waals surface area contributed by atoms with Crippen LogP contribution in [0.5, 0.6) is 0 Å². The molecule has 0 saturated heterocycles. The third kappa shape index (κ3) is 1.88. The summed E-state index contributed by atoms with van der Waals surface area (Å²) in [6.07, 6.45) is 3.86. The lowest BCUT2D eigenvalue weighted by molar-refractivity contribution is 0.763. The summed E-state index contributed by atoms with van der Waals surface area (Å²) in [6, 6.07) is 8.00. The van der Waals surface area contributed by atoms with Gasteiger partial charge in [-0.05, 0) is 17.5 Å². The van der Waals surface area contributed by atoms with E-state index in [1.165, 1.54) is 11.8 Å². The lowest BCUT2D eigenvalue weighted by Gasteiger charge is -2.17. The molecule has 1 aromatic heterocycles. The zero-order valence-corrected chi connectivity index (χ0v) is 10.3. The van der Waals surface area contributed by atoms with Gasteiger partial charge in [0.1, 0.15) is 0 Å². The maximum absolute atomic E-state index is 11.6. The van der Waals surface area contributed by atoms with Crippen LogP contribution in [0, 0.1) is 0 Å². The van der Waals surface area contributed by atoms with Crippen LogP contribution in [0.4, 0.5) is 5.82 Å². The largest absolute Gasteiger partial charge is 0.357 e. The van der Waals surface area contributed by atoms with E-state index < -0.39 is 0 Å². The standard InChI is InChI=1S/C13H12ClN3O/c14-10-7-8-3-1-2-4-9(8)11(10)17-12-13(18)16-6-5-15-12/h1-6,10-11H,7H2,(H,15,17)(H,16,18). The summed E-state index contributed by atoms with van der Waals surface area (Å²) in [6.45, 7) is 0. The van der Waals surface area contributed by atoms with Crippen LogP contribution in [0.1, 0.15) is 17.2 Å². The van der Waals surface area contributed by atoms with Crippen molar-refractivity contribution in [3.05, 3.63) is 58.1 Å². The van der Waals surface area contributed by atoms with Gasteiger partial charge in [0.25, 0.3) is 5.56 Å². The molecule has 18 heavy (non-hydrogen) atoms. The summed E-state index contributed by atoms with van der Waals surface area (Å²) in [5, 5.41) is 3.06. The third-order valence-corrected chi connectivity index (χ3v) is 3.57. The first kappa shape index (κ1) is 11.3. The van der Waals surface area contributed by atoms with E-state index in [0.717, 1.165) is 12.0 Å². The lowest BCUT2D eigenvalue weighted by Crippen LogP contribution is -2.23. The molecule has 2 aromatic rings. The highest BCUT2D eigenvalue weighted by molar-refractivity contribution is 6.21. The van der Waals surface area contributed by atoms with Crippen LogP contribution >= 0.6 is 11.6 Å². The van der Waals surface area contributed by atoms with Gasteiger partial charge in [0, 0.05) is 12.4 Å². The van der Waals surface area contributed by atoms with Crippen LogP contribution in [0.2, 0.25) is 0 Å². The van der Waals surface area contributed by atoms with E-state index in [4.69, 9.17) is 11.6 Å². The van der Waals surface area contributed by atoms with E-state index in [-0.39, 0.29) is 17.0 Å². The Morgan fingerprint density at radius 3 is 3.06 bits per heavy atom. The second kappa shape index (κ2) is 4.46. The minimum atomic E-state index is -0.231. The van der Waals surface area contributed by atoms with Gasteiger partial charge in [-0.15, -0.1) is 11.6 Å². The zero-order valence-electron chi connectivity index (χ0n) is 9.56. The van der Waals surface area contributed by atoms with Crippen molar-refractivity contribution in [2.45, 2.75) is 17.8 Å².